The Morgan fingerprint density at radius 1 is 1.19 bits per heavy atom. The van der Waals surface area contributed by atoms with Gasteiger partial charge >= 0.3 is 0 Å². The van der Waals surface area contributed by atoms with Gasteiger partial charge in [0.15, 0.2) is 0 Å². The van der Waals surface area contributed by atoms with Gasteiger partial charge in [0, 0.05) is 38.1 Å². The number of hydrogen-bond acceptors (Lipinski definition) is 4. The molecule has 5 nitrogen and oxygen atoms in total. The fourth-order valence-corrected chi connectivity index (χ4v) is 3.54. The average molecular weight is 298 g/mol. The number of nitrogens with two attached hydrogens (primary N) is 1. The van der Waals surface area contributed by atoms with Crippen LogP contribution in [0.25, 0.3) is 0 Å². The van der Waals surface area contributed by atoms with Crippen molar-refractivity contribution in [2.75, 3.05) is 26.3 Å². The molecule has 2 atom stereocenters. The van der Waals surface area contributed by atoms with E-state index in [-0.39, 0.29) is 17.4 Å². The molecule has 0 bridgehead atoms. The first kappa shape index (κ1) is 16.7. The van der Waals surface area contributed by atoms with Crippen LogP contribution in [0.5, 0.6) is 0 Å². The van der Waals surface area contributed by atoms with Gasteiger partial charge in [-0.3, -0.25) is 4.79 Å². The van der Waals surface area contributed by atoms with Gasteiger partial charge in [-0.1, -0.05) is 13.8 Å². The Labute approximate surface area is 128 Å². The van der Waals surface area contributed by atoms with Gasteiger partial charge in [-0.25, -0.2) is 0 Å². The summed E-state index contributed by atoms with van der Waals surface area (Å²) in [6, 6.07) is 0. The first-order valence-electron chi connectivity index (χ1n) is 8.18. The number of carbonyl (C=O) groups is 1. The summed E-state index contributed by atoms with van der Waals surface area (Å²) < 4.78 is 11.3. The number of ether oxygens (including phenoxy) is 2. The molecule has 2 fully saturated rings. The van der Waals surface area contributed by atoms with Crippen LogP contribution in [0.3, 0.4) is 0 Å². The Morgan fingerprint density at radius 2 is 1.76 bits per heavy atom. The van der Waals surface area contributed by atoms with Gasteiger partial charge in [0.1, 0.15) is 5.54 Å². The van der Waals surface area contributed by atoms with E-state index in [1.165, 1.54) is 0 Å². The average Bonchev–Trinajstić information content (AvgIpc) is 2.47. The van der Waals surface area contributed by atoms with E-state index in [1.54, 1.807) is 0 Å². The zero-order valence-electron chi connectivity index (χ0n) is 13.9. The van der Waals surface area contributed by atoms with Crippen molar-refractivity contribution in [3.8, 4) is 0 Å². The highest BCUT2D eigenvalue weighted by molar-refractivity contribution is 5.89. The molecule has 0 aromatic rings. The van der Waals surface area contributed by atoms with E-state index in [4.69, 9.17) is 15.2 Å². The Kier molecular flexibility index (Phi) is 4.96. The molecule has 2 unspecified atom stereocenters. The summed E-state index contributed by atoms with van der Waals surface area (Å²) >= 11 is 0. The molecule has 1 saturated carbocycles. The van der Waals surface area contributed by atoms with E-state index in [1.807, 2.05) is 32.6 Å². The van der Waals surface area contributed by atoms with Gasteiger partial charge in [0.05, 0.1) is 12.2 Å². The third-order valence-corrected chi connectivity index (χ3v) is 5.34. The van der Waals surface area contributed by atoms with Crippen LogP contribution in [0.1, 0.15) is 47.0 Å². The van der Waals surface area contributed by atoms with Crippen LogP contribution in [-0.2, 0) is 14.3 Å². The number of piperidine rings is 1. The normalized spacial score (nSPS) is 32.8. The molecular weight excluding hydrogens is 268 g/mol. The van der Waals surface area contributed by atoms with Crippen molar-refractivity contribution >= 4 is 5.91 Å². The molecule has 5 heteroatoms. The Bertz CT molecular complexity index is 378. The molecule has 1 amide bonds. The number of carbonyl (C=O) groups excluding carboxylic acids is 1. The van der Waals surface area contributed by atoms with Crippen molar-refractivity contribution in [2.45, 2.75) is 64.7 Å². The van der Waals surface area contributed by atoms with Crippen molar-refractivity contribution in [1.82, 2.24) is 4.90 Å². The molecule has 1 heterocycles. The van der Waals surface area contributed by atoms with Gasteiger partial charge in [-0.05, 0) is 26.7 Å². The van der Waals surface area contributed by atoms with Crippen molar-refractivity contribution in [3.05, 3.63) is 0 Å². The Hall–Kier alpha value is -0.650. The molecule has 2 N–H and O–H groups in total. The van der Waals surface area contributed by atoms with Crippen LogP contribution in [0.2, 0.25) is 0 Å². The fourth-order valence-electron chi connectivity index (χ4n) is 3.54. The highest BCUT2D eigenvalue weighted by atomic mass is 16.5. The molecule has 1 saturated heterocycles. The number of rotatable bonds is 5. The first-order valence-corrected chi connectivity index (χ1v) is 8.18. The number of likely N-dealkylation sites (tertiary alicyclic amines) is 1. The third-order valence-electron chi connectivity index (χ3n) is 5.34. The number of amides is 1. The fraction of sp³-hybridized carbons (Fsp3) is 0.938. The summed E-state index contributed by atoms with van der Waals surface area (Å²) in [6.07, 6.45) is 2.81. The van der Waals surface area contributed by atoms with E-state index in [2.05, 4.69) is 0 Å². The van der Waals surface area contributed by atoms with Crippen molar-refractivity contribution < 1.29 is 14.3 Å². The zero-order valence-corrected chi connectivity index (χ0v) is 13.9. The predicted molar refractivity (Wildman–Crippen MR) is 82.0 cm³/mol. The lowest BCUT2D eigenvalue weighted by molar-refractivity contribution is -0.181. The standard InChI is InChI=1S/C16H30N2O3/c1-5-20-12-7-9-18(10-8-12)14(19)16(17)11-13(21-6-2)15(16,3)4/h12-13H,5-11,17H2,1-4H3. The maximum absolute atomic E-state index is 12.8. The molecule has 2 rings (SSSR count). The molecule has 21 heavy (non-hydrogen) atoms. The smallest absolute Gasteiger partial charge is 0.243 e. The predicted octanol–water partition coefficient (Wildman–Crippen LogP) is 1.55. The van der Waals surface area contributed by atoms with Crippen LogP contribution in [0.15, 0.2) is 0 Å². The summed E-state index contributed by atoms with van der Waals surface area (Å²) in [6.45, 7) is 11.0. The van der Waals surface area contributed by atoms with E-state index in [9.17, 15) is 4.79 Å². The van der Waals surface area contributed by atoms with E-state index in [0.717, 1.165) is 32.5 Å². The molecular formula is C16H30N2O3. The summed E-state index contributed by atoms with van der Waals surface area (Å²) in [4.78, 5) is 14.8. The lowest BCUT2D eigenvalue weighted by Crippen LogP contribution is -2.76. The minimum absolute atomic E-state index is 0.0809. The molecule has 2 aliphatic rings. The maximum atomic E-state index is 12.8. The summed E-state index contributed by atoms with van der Waals surface area (Å²) in [5.41, 5.74) is 5.37. The number of nitrogens with zero attached hydrogens (tertiary/aromatic N) is 1. The lowest BCUT2D eigenvalue weighted by atomic mass is 9.54. The van der Waals surface area contributed by atoms with Gasteiger partial charge in [-0.15, -0.1) is 0 Å². The van der Waals surface area contributed by atoms with Gasteiger partial charge in [0.25, 0.3) is 0 Å². The van der Waals surface area contributed by atoms with Crippen LogP contribution in [0, 0.1) is 5.41 Å². The third kappa shape index (κ3) is 2.83. The minimum atomic E-state index is -0.786. The largest absolute Gasteiger partial charge is 0.378 e. The highest BCUT2D eigenvalue weighted by Gasteiger charge is 2.63. The van der Waals surface area contributed by atoms with E-state index >= 15 is 0 Å². The van der Waals surface area contributed by atoms with Crippen LogP contribution in [-0.4, -0.2) is 54.9 Å². The number of hydrogen-bond donors (Lipinski definition) is 1. The molecule has 122 valence electrons. The molecule has 0 spiro atoms. The van der Waals surface area contributed by atoms with Crippen molar-refractivity contribution in [2.24, 2.45) is 11.1 Å². The molecule has 0 radical (unpaired) electrons. The molecule has 1 aliphatic heterocycles. The molecule has 0 aromatic heterocycles. The van der Waals surface area contributed by atoms with Crippen molar-refractivity contribution in [3.63, 3.8) is 0 Å². The van der Waals surface area contributed by atoms with Crippen LogP contribution < -0.4 is 5.73 Å². The second-order valence-corrected chi connectivity index (χ2v) is 6.79. The van der Waals surface area contributed by atoms with Crippen molar-refractivity contribution in [1.29, 1.82) is 0 Å². The summed E-state index contributed by atoms with van der Waals surface area (Å²) in [5, 5.41) is 0. The second-order valence-electron chi connectivity index (χ2n) is 6.79. The minimum Gasteiger partial charge on any atom is -0.378 e. The lowest BCUT2D eigenvalue weighted by Gasteiger charge is -2.59. The van der Waals surface area contributed by atoms with Gasteiger partial charge < -0.3 is 20.1 Å². The quantitative estimate of drug-likeness (QED) is 0.836. The topological polar surface area (TPSA) is 64.8 Å². The molecule has 1 aliphatic carbocycles. The summed E-state index contributed by atoms with van der Waals surface area (Å²) in [5.74, 6) is 0.0819. The molecule has 0 aromatic carbocycles. The second kappa shape index (κ2) is 6.23. The maximum Gasteiger partial charge on any atom is 0.243 e. The SMILES string of the molecule is CCOC1CCN(C(=O)C2(N)CC(OCC)C2(C)C)CC1. The highest BCUT2D eigenvalue weighted by Crippen LogP contribution is 2.50. The van der Waals surface area contributed by atoms with E-state index < -0.39 is 5.54 Å². The monoisotopic (exact) mass is 298 g/mol. The Morgan fingerprint density at radius 3 is 2.24 bits per heavy atom. The Balaban J connectivity index is 1.95. The van der Waals surface area contributed by atoms with Crippen LogP contribution in [0.4, 0.5) is 0 Å². The summed E-state index contributed by atoms with van der Waals surface area (Å²) in [7, 11) is 0. The van der Waals surface area contributed by atoms with Crippen LogP contribution >= 0.6 is 0 Å². The first-order chi connectivity index (χ1) is 9.86. The zero-order chi connectivity index (χ0) is 15.7. The van der Waals surface area contributed by atoms with E-state index in [0.29, 0.717) is 19.1 Å². The van der Waals surface area contributed by atoms with Gasteiger partial charge in [0.2, 0.25) is 5.91 Å². The van der Waals surface area contributed by atoms with Gasteiger partial charge in [-0.2, -0.15) is 0 Å².